The quantitative estimate of drug-likeness (QED) is 0.829. The van der Waals surface area contributed by atoms with Gasteiger partial charge < -0.3 is 5.73 Å². The number of anilines is 2. The van der Waals surface area contributed by atoms with Gasteiger partial charge in [-0.05, 0) is 65.2 Å². The van der Waals surface area contributed by atoms with Crippen LogP contribution < -0.4 is 10.5 Å². The van der Waals surface area contributed by atoms with E-state index in [2.05, 4.69) is 20.7 Å². The Morgan fingerprint density at radius 2 is 1.80 bits per heavy atom. The minimum Gasteiger partial charge on any atom is -0.399 e. The van der Waals surface area contributed by atoms with Crippen molar-refractivity contribution in [3.8, 4) is 0 Å². The van der Waals surface area contributed by atoms with E-state index in [4.69, 9.17) is 5.73 Å². The first-order chi connectivity index (χ1) is 9.31. The number of sulfonamides is 1. The summed E-state index contributed by atoms with van der Waals surface area (Å²) in [6, 6.07) is 10.3. The molecule has 3 N–H and O–H groups in total. The molecule has 0 aromatic heterocycles. The summed E-state index contributed by atoms with van der Waals surface area (Å²) in [7, 11) is -3.67. The van der Waals surface area contributed by atoms with Gasteiger partial charge in [-0.3, -0.25) is 4.72 Å². The Morgan fingerprint density at radius 1 is 1.15 bits per heavy atom. The fraction of sp³-hybridized carbons (Fsp3) is 0.143. The minimum atomic E-state index is -3.67. The van der Waals surface area contributed by atoms with Gasteiger partial charge in [0.15, 0.2) is 0 Å². The number of para-hydroxylation sites is 1. The highest BCUT2D eigenvalue weighted by atomic mass is 79.9. The Kier molecular flexibility index (Phi) is 4.06. The third-order valence-electron chi connectivity index (χ3n) is 3.05. The fourth-order valence-corrected chi connectivity index (χ4v) is 3.82. The molecule has 0 spiro atoms. The molecule has 0 aliphatic heterocycles. The van der Waals surface area contributed by atoms with Crippen molar-refractivity contribution in [2.45, 2.75) is 18.7 Å². The second kappa shape index (κ2) is 5.46. The summed E-state index contributed by atoms with van der Waals surface area (Å²) >= 11 is 3.32. The van der Waals surface area contributed by atoms with Gasteiger partial charge in [-0.1, -0.05) is 12.1 Å². The maximum absolute atomic E-state index is 12.5. The van der Waals surface area contributed by atoms with Crippen LogP contribution in [0.3, 0.4) is 0 Å². The number of rotatable bonds is 3. The second-order valence-corrected chi connectivity index (χ2v) is 7.05. The van der Waals surface area contributed by atoms with Crippen LogP contribution in [-0.4, -0.2) is 8.42 Å². The standard InChI is InChI=1S/C14H15BrN2O2S/c1-9-7-11(16)8-14(10(9)2)20(18,19)17-13-6-4-3-5-12(13)15/h3-8,17H,16H2,1-2H3. The van der Waals surface area contributed by atoms with E-state index < -0.39 is 10.0 Å². The van der Waals surface area contributed by atoms with Gasteiger partial charge in [0.2, 0.25) is 0 Å². The van der Waals surface area contributed by atoms with Crippen LogP contribution in [0.4, 0.5) is 11.4 Å². The predicted octanol–water partition coefficient (Wildman–Crippen LogP) is 3.45. The number of hydrogen-bond donors (Lipinski definition) is 2. The Hall–Kier alpha value is -1.53. The molecule has 0 heterocycles. The van der Waals surface area contributed by atoms with Crippen molar-refractivity contribution in [2.24, 2.45) is 0 Å². The number of halogens is 1. The van der Waals surface area contributed by atoms with Gasteiger partial charge >= 0.3 is 0 Å². The average Bonchev–Trinajstić information content (AvgIpc) is 2.36. The molecule has 0 atom stereocenters. The zero-order chi connectivity index (χ0) is 14.9. The molecule has 6 heteroatoms. The lowest BCUT2D eigenvalue weighted by Crippen LogP contribution is -2.15. The molecule has 0 fully saturated rings. The van der Waals surface area contributed by atoms with Crippen LogP contribution in [0.25, 0.3) is 0 Å². The van der Waals surface area contributed by atoms with Crippen molar-refractivity contribution in [1.82, 2.24) is 0 Å². The van der Waals surface area contributed by atoms with Gasteiger partial charge in [-0.15, -0.1) is 0 Å². The first-order valence-electron chi connectivity index (χ1n) is 5.95. The van der Waals surface area contributed by atoms with Crippen LogP contribution in [0.5, 0.6) is 0 Å². The van der Waals surface area contributed by atoms with Crippen LogP contribution in [0, 0.1) is 13.8 Å². The first-order valence-corrected chi connectivity index (χ1v) is 8.23. The predicted molar refractivity (Wildman–Crippen MR) is 85.3 cm³/mol. The molecule has 0 aliphatic carbocycles. The third kappa shape index (κ3) is 2.96. The topological polar surface area (TPSA) is 72.2 Å². The van der Waals surface area contributed by atoms with Crippen LogP contribution in [0.15, 0.2) is 45.8 Å². The highest BCUT2D eigenvalue weighted by Gasteiger charge is 2.19. The Labute approximate surface area is 127 Å². The van der Waals surface area contributed by atoms with E-state index in [0.717, 1.165) is 5.56 Å². The van der Waals surface area contributed by atoms with E-state index in [-0.39, 0.29) is 4.90 Å². The summed E-state index contributed by atoms with van der Waals surface area (Å²) in [5.74, 6) is 0. The van der Waals surface area contributed by atoms with E-state index >= 15 is 0 Å². The normalized spacial score (nSPS) is 11.3. The molecule has 0 radical (unpaired) electrons. The summed E-state index contributed by atoms with van der Waals surface area (Å²) in [5, 5.41) is 0. The van der Waals surface area contributed by atoms with Crippen molar-refractivity contribution in [1.29, 1.82) is 0 Å². The number of aryl methyl sites for hydroxylation is 1. The van der Waals surface area contributed by atoms with E-state index in [1.165, 1.54) is 6.07 Å². The largest absolute Gasteiger partial charge is 0.399 e. The lowest BCUT2D eigenvalue weighted by molar-refractivity contribution is 0.600. The second-order valence-electron chi connectivity index (χ2n) is 4.55. The van der Waals surface area contributed by atoms with Crippen LogP contribution in [0.1, 0.15) is 11.1 Å². The molecule has 20 heavy (non-hydrogen) atoms. The van der Waals surface area contributed by atoms with Crippen molar-refractivity contribution in [3.05, 3.63) is 52.0 Å². The zero-order valence-electron chi connectivity index (χ0n) is 11.1. The molecule has 0 saturated heterocycles. The molecule has 0 aliphatic rings. The van der Waals surface area contributed by atoms with Gasteiger partial charge in [0.25, 0.3) is 10.0 Å². The number of nitrogens with one attached hydrogen (secondary N) is 1. The zero-order valence-corrected chi connectivity index (χ0v) is 13.5. The van der Waals surface area contributed by atoms with Crippen molar-refractivity contribution in [2.75, 3.05) is 10.5 Å². The molecular formula is C14H15BrN2O2S. The molecule has 0 unspecified atom stereocenters. The van der Waals surface area contributed by atoms with E-state index in [0.29, 0.717) is 21.4 Å². The summed E-state index contributed by atoms with van der Waals surface area (Å²) in [6.07, 6.45) is 0. The Balaban J connectivity index is 2.49. The van der Waals surface area contributed by atoms with Gasteiger partial charge in [-0.2, -0.15) is 0 Å². The molecular weight excluding hydrogens is 340 g/mol. The average molecular weight is 355 g/mol. The number of benzene rings is 2. The molecule has 2 aromatic rings. The molecule has 4 nitrogen and oxygen atoms in total. The van der Waals surface area contributed by atoms with Crippen LogP contribution >= 0.6 is 15.9 Å². The molecule has 0 saturated carbocycles. The third-order valence-corrected chi connectivity index (χ3v) is 5.23. The van der Waals surface area contributed by atoms with Crippen LogP contribution in [0.2, 0.25) is 0 Å². The first kappa shape index (κ1) is 14.9. The maximum Gasteiger partial charge on any atom is 0.262 e. The van der Waals surface area contributed by atoms with Crippen LogP contribution in [-0.2, 0) is 10.0 Å². The van der Waals surface area contributed by atoms with E-state index in [9.17, 15) is 8.42 Å². The Bertz CT molecular complexity index is 758. The van der Waals surface area contributed by atoms with Crippen molar-refractivity contribution < 1.29 is 8.42 Å². The van der Waals surface area contributed by atoms with E-state index in [1.807, 2.05) is 13.0 Å². The number of hydrogen-bond acceptors (Lipinski definition) is 3. The SMILES string of the molecule is Cc1cc(N)cc(S(=O)(=O)Nc2ccccc2Br)c1C. The fourth-order valence-electron chi connectivity index (χ4n) is 1.88. The van der Waals surface area contributed by atoms with Gasteiger partial charge in [0, 0.05) is 10.2 Å². The number of nitrogens with two attached hydrogens (primary N) is 1. The summed E-state index contributed by atoms with van der Waals surface area (Å²) in [4.78, 5) is 0.200. The van der Waals surface area contributed by atoms with Gasteiger partial charge in [0.05, 0.1) is 10.6 Å². The highest BCUT2D eigenvalue weighted by molar-refractivity contribution is 9.10. The molecule has 2 rings (SSSR count). The number of nitrogen functional groups attached to an aromatic ring is 1. The van der Waals surface area contributed by atoms with Crippen molar-refractivity contribution in [3.63, 3.8) is 0 Å². The molecule has 106 valence electrons. The molecule has 2 aromatic carbocycles. The van der Waals surface area contributed by atoms with Gasteiger partial charge in [-0.25, -0.2) is 8.42 Å². The lowest BCUT2D eigenvalue weighted by atomic mass is 10.1. The highest BCUT2D eigenvalue weighted by Crippen LogP contribution is 2.27. The monoisotopic (exact) mass is 354 g/mol. The van der Waals surface area contributed by atoms with Gasteiger partial charge in [0.1, 0.15) is 0 Å². The molecule has 0 bridgehead atoms. The summed E-state index contributed by atoms with van der Waals surface area (Å²) in [6.45, 7) is 3.60. The Morgan fingerprint density at radius 3 is 2.45 bits per heavy atom. The smallest absolute Gasteiger partial charge is 0.262 e. The summed E-state index contributed by atoms with van der Waals surface area (Å²) < 4.78 is 28.2. The molecule has 0 amide bonds. The summed E-state index contributed by atoms with van der Waals surface area (Å²) in [5.41, 5.74) is 8.21. The van der Waals surface area contributed by atoms with E-state index in [1.54, 1.807) is 31.2 Å². The van der Waals surface area contributed by atoms with Crippen molar-refractivity contribution >= 4 is 37.3 Å². The minimum absolute atomic E-state index is 0.200. The maximum atomic E-state index is 12.5. The lowest BCUT2D eigenvalue weighted by Gasteiger charge is -2.13.